The Morgan fingerprint density at radius 1 is 0.923 bits per heavy atom. The van der Waals surface area contributed by atoms with Crippen LogP contribution in [0.1, 0.15) is 27.7 Å². The molecule has 0 saturated heterocycles. The molecule has 1 heterocycles. The summed E-state index contributed by atoms with van der Waals surface area (Å²) in [6.07, 6.45) is 0.491. The normalized spacial score (nSPS) is 7.62. The first-order chi connectivity index (χ1) is 6.20. The van der Waals surface area contributed by atoms with Crippen molar-refractivity contribution in [1.82, 2.24) is 4.98 Å². The van der Waals surface area contributed by atoms with Crippen molar-refractivity contribution in [2.24, 2.45) is 0 Å². The Kier molecular flexibility index (Phi) is 10.0. The van der Waals surface area contributed by atoms with E-state index in [9.17, 15) is 13.2 Å². The Balaban J connectivity index is 0. The van der Waals surface area contributed by atoms with E-state index in [0.717, 1.165) is 0 Å². The molecule has 0 amide bonds. The molecule has 0 atom stereocenters. The van der Waals surface area contributed by atoms with Gasteiger partial charge < -0.3 is 0 Å². The number of pyridine rings is 1. The summed E-state index contributed by atoms with van der Waals surface area (Å²) in [5.74, 6) is -3.38. The topological polar surface area (TPSA) is 12.9 Å². The van der Waals surface area contributed by atoms with Gasteiger partial charge in [-0.15, -0.1) is 0 Å². The molecule has 1 nitrogen and oxygen atoms in total. The molecule has 0 aliphatic carbocycles. The van der Waals surface area contributed by atoms with E-state index in [1.54, 1.807) is 0 Å². The van der Waals surface area contributed by atoms with Crippen LogP contribution in [0.5, 0.6) is 0 Å². The van der Waals surface area contributed by atoms with Crippen LogP contribution in [0.4, 0.5) is 13.2 Å². The highest BCUT2D eigenvalue weighted by Gasteiger charge is 2.01. The minimum absolute atomic E-state index is 0.384. The average Bonchev–Trinajstić information content (AvgIpc) is 2.18. The van der Waals surface area contributed by atoms with Gasteiger partial charge in [-0.3, -0.25) is 0 Å². The Hall–Kier alpha value is -1.06. The highest BCUT2D eigenvalue weighted by atomic mass is 19.2. The van der Waals surface area contributed by atoms with E-state index in [2.05, 4.69) is 4.98 Å². The Morgan fingerprint density at radius 2 is 1.38 bits per heavy atom. The minimum Gasteiger partial charge on any atom is -0.225 e. The van der Waals surface area contributed by atoms with Crippen molar-refractivity contribution in [3.8, 4) is 0 Å². The highest BCUT2D eigenvalue weighted by Crippen LogP contribution is 2.02. The summed E-state index contributed by atoms with van der Waals surface area (Å²) in [6, 6.07) is 0.384. The molecular weight excluding hydrogens is 179 g/mol. The van der Waals surface area contributed by atoms with Crippen molar-refractivity contribution in [2.75, 3.05) is 0 Å². The highest BCUT2D eigenvalue weighted by molar-refractivity contribution is 4.98. The summed E-state index contributed by atoms with van der Waals surface area (Å²) in [4.78, 5) is 2.86. The van der Waals surface area contributed by atoms with Gasteiger partial charge in [-0.25, -0.2) is 13.8 Å². The van der Waals surface area contributed by atoms with Crippen LogP contribution in [-0.4, -0.2) is 4.98 Å². The molecule has 0 spiro atoms. The molecule has 76 valence electrons. The summed E-state index contributed by atoms with van der Waals surface area (Å²) in [6.45, 7) is 8.00. The first-order valence-corrected chi connectivity index (χ1v) is 4.16. The molecule has 0 N–H and O–H groups in total. The summed E-state index contributed by atoms with van der Waals surface area (Å²) in [5.41, 5.74) is 0. The fraction of sp³-hybridized carbons (Fsp3) is 0.444. The maximum absolute atomic E-state index is 11.9. The number of halogens is 3. The van der Waals surface area contributed by atoms with E-state index < -0.39 is 17.6 Å². The van der Waals surface area contributed by atoms with E-state index in [1.807, 2.05) is 27.7 Å². The van der Waals surface area contributed by atoms with Crippen LogP contribution in [0.15, 0.2) is 12.3 Å². The lowest BCUT2D eigenvalue weighted by Gasteiger charge is -1.88. The average molecular weight is 193 g/mol. The number of nitrogens with zero attached hydrogens (tertiary/aromatic N) is 1. The molecule has 0 radical (unpaired) electrons. The van der Waals surface area contributed by atoms with Gasteiger partial charge in [0.15, 0.2) is 11.6 Å². The van der Waals surface area contributed by atoms with E-state index in [4.69, 9.17) is 0 Å². The molecule has 4 heteroatoms. The van der Waals surface area contributed by atoms with Crippen LogP contribution < -0.4 is 0 Å². The van der Waals surface area contributed by atoms with Gasteiger partial charge >= 0.3 is 0 Å². The van der Waals surface area contributed by atoms with Crippen LogP contribution in [0.2, 0.25) is 0 Å². The van der Waals surface area contributed by atoms with Crippen molar-refractivity contribution >= 4 is 0 Å². The maximum atomic E-state index is 11.9. The molecule has 0 fully saturated rings. The van der Waals surface area contributed by atoms with Crippen LogP contribution in [0.25, 0.3) is 0 Å². The third-order valence-corrected chi connectivity index (χ3v) is 0.775. The summed E-state index contributed by atoms with van der Waals surface area (Å²) in [7, 11) is 0. The molecule has 0 unspecified atom stereocenters. The number of hydrogen-bond donors (Lipinski definition) is 0. The Labute approximate surface area is 76.6 Å². The Bertz CT molecular complexity index is 226. The third kappa shape index (κ3) is 6.13. The van der Waals surface area contributed by atoms with Crippen molar-refractivity contribution in [2.45, 2.75) is 27.7 Å². The molecule has 1 aromatic rings. The van der Waals surface area contributed by atoms with Gasteiger partial charge in [0.2, 0.25) is 5.95 Å². The molecule has 0 aliphatic rings. The monoisotopic (exact) mass is 193 g/mol. The second kappa shape index (κ2) is 9.03. The van der Waals surface area contributed by atoms with Crippen LogP contribution >= 0.6 is 0 Å². The van der Waals surface area contributed by atoms with Crippen LogP contribution in [0, 0.1) is 17.6 Å². The number of aromatic nitrogens is 1. The smallest absolute Gasteiger partial charge is 0.215 e. The zero-order chi connectivity index (χ0) is 10.9. The van der Waals surface area contributed by atoms with Gasteiger partial charge in [0.05, 0.1) is 6.20 Å². The summed E-state index contributed by atoms with van der Waals surface area (Å²) in [5, 5.41) is 0. The van der Waals surface area contributed by atoms with Crippen molar-refractivity contribution in [3.63, 3.8) is 0 Å². The maximum Gasteiger partial charge on any atom is 0.215 e. The van der Waals surface area contributed by atoms with Gasteiger partial charge in [-0.1, -0.05) is 27.7 Å². The van der Waals surface area contributed by atoms with Gasteiger partial charge in [0.1, 0.15) is 0 Å². The predicted molar refractivity (Wildman–Crippen MR) is 46.8 cm³/mol. The van der Waals surface area contributed by atoms with Crippen molar-refractivity contribution in [3.05, 3.63) is 29.8 Å². The molecule has 0 aromatic carbocycles. The van der Waals surface area contributed by atoms with Gasteiger partial charge in [-0.2, -0.15) is 4.39 Å². The van der Waals surface area contributed by atoms with E-state index in [0.29, 0.717) is 12.3 Å². The number of rotatable bonds is 0. The van der Waals surface area contributed by atoms with Gasteiger partial charge in [0.25, 0.3) is 0 Å². The van der Waals surface area contributed by atoms with Crippen LogP contribution in [0.3, 0.4) is 0 Å². The third-order valence-electron chi connectivity index (χ3n) is 0.775. The van der Waals surface area contributed by atoms with E-state index in [-0.39, 0.29) is 0 Å². The summed E-state index contributed by atoms with van der Waals surface area (Å²) < 4.78 is 35.6. The van der Waals surface area contributed by atoms with Crippen LogP contribution in [-0.2, 0) is 0 Å². The molecule has 1 rings (SSSR count). The predicted octanol–water partition coefficient (Wildman–Crippen LogP) is 3.55. The molecule has 1 aromatic heterocycles. The number of hydrogen-bond acceptors (Lipinski definition) is 1. The molecular formula is C9H14F3N. The SMILES string of the molecule is CC.CC.Fc1cc(F)c(F)cn1. The molecule has 13 heavy (non-hydrogen) atoms. The lowest BCUT2D eigenvalue weighted by Crippen LogP contribution is -1.88. The zero-order valence-electron chi connectivity index (χ0n) is 8.24. The minimum atomic E-state index is -1.22. The van der Waals surface area contributed by atoms with E-state index in [1.165, 1.54) is 0 Å². The molecule has 0 saturated carbocycles. The fourth-order valence-corrected chi connectivity index (χ4v) is 0.391. The lowest BCUT2D eigenvalue weighted by atomic mass is 10.4. The first kappa shape index (κ1) is 14.5. The molecule has 0 aliphatic heterocycles. The molecule has 0 bridgehead atoms. The quantitative estimate of drug-likeness (QED) is 0.574. The van der Waals surface area contributed by atoms with Crippen molar-refractivity contribution < 1.29 is 13.2 Å². The first-order valence-electron chi connectivity index (χ1n) is 4.16. The zero-order valence-corrected chi connectivity index (χ0v) is 8.24. The largest absolute Gasteiger partial charge is 0.225 e. The standard InChI is InChI=1S/C5H2F3N.2C2H6/c6-3-1-5(8)9-2-4(3)7;2*1-2/h1-2H;2*1-2H3. The fourth-order valence-electron chi connectivity index (χ4n) is 0.391. The summed E-state index contributed by atoms with van der Waals surface area (Å²) >= 11 is 0. The second-order valence-corrected chi connectivity index (χ2v) is 1.42. The van der Waals surface area contributed by atoms with E-state index >= 15 is 0 Å². The lowest BCUT2D eigenvalue weighted by molar-refractivity contribution is 0.478. The van der Waals surface area contributed by atoms with Gasteiger partial charge in [0, 0.05) is 6.07 Å². The Morgan fingerprint density at radius 3 is 1.69 bits per heavy atom. The van der Waals surface area contributed by atoms with Gasteiger partial charge in [-0.05, 0) is 0 Å². The second-order valence-electron chi connectivity index (χ2n) is 1.42. The van der Waals surface area contributed by atoms with Crippen molar-refractivity contribution in [1.29, 1.82) is 0 Å².